The Labute approximate surface area is 124 Å². The van der Waals surface area contributed by atoms with Crippen molar-refractivity contribution in [2.24, 2.45) is 5.41 Å². The van der Waals surface area contributed by atoms with E-state index in [-0.39, 0.29) is 6.10 Å². The highest BCUT2D eigenvalue weighted by molar-refractivity contribution is 5.27. The Hall–Kier alpha value is -1.02. The molecule has 0 amide bonds. The lowest BCUT2D eigenvalue weighted by atomic mass is 9.83. The monoisotopic (exact) mass is 277 g/mol. The van der Waals surface area contributed by atoms with Crippen LogP contribution in [-0.2, 0) is 6.42 Å². The van der Waals surface area contributed by atoms with Crippen LogP contribution in [0.4, 0.5) is 0 Å². The van der Waals surface area contributed by atoms with Crippen molar-refractivity contribution >= 4 is 0 Å². The number of hydrogen-bond acceptors (Lipinski definition) is 2. The van der Waals surface area contributed by atoms with Crippen molar-refractivity contribution in [3.63, 3.8) is 0 Å². The van der Waals surface area contributed by atoms with Crippen LogP contribution in [0.5, 0.6) is 5.75 Å². The fourth-order valence-electron chi connectivity index (χ4n) is 2.22. The van der Waals surface area contributed by atoms with E-state index >= 15 is 0 Å². The molecule has 1 aromatic carbocycles. The number of ether oxygens (including phenoxy) is 1. The summed E-state index contributed by atoms with van der Waals surface area (Å²) < 4.78 is 5.67. The van der Waals surface area contributed by atoms with Crippen molar-refractivity contribution in [1.29, 1.82) is 0 Å². The molecule has 0 saturated carbocycles. The lowest BCUT2D eigenvalue weighted by Crippen LogP contribution is -2.22. The highest BCUT2D eigenvalue weighted by atomic mass is 16.5. The largest absolute Gasteiger partial charge is 0.491 e. The number of benzene rings is 1. The van der Waals surface area contributed by atoms with E-state index in [1.165, 1.54) is 18.4 Å². The van der Waals surface area contributed by atoms with E-state index in [0.29, 0.717) is 5.41 Å². The zero-order valence-electron chi connectivity index (χ0n) is 13.8. The minimum Gasteiger partial charge on any atom is -0.491 e. The molecule has 0 bridgehead atoms. The van der Waals surface area contributed by atoms with Gasteiger partial charge < -0.3 is 10.1 Å². The average Bonchev–Trinajstić information content (AvgIpc) is 2.37. The summed E-state index contributed by atoms with van der Waals surface area (Å²) in [6.45, 7) is 13.2. The van der Waals surface area contributed by atoms with Crippen molar-refractivity contribution in [3.8, 4) is 5.75 Å². The number of nitrogens with one attached hydrogen (secondary N) is 1. The van der Waals surface area contributed by atoms with Crippen LogP contribution in [-0.4, -0.2) is 19.2 Å². The van der Waals surface area contributed by atoms with Gasteiger partial charge in [0, 0.05) is 0 Å². The van der Waals surface area contributed by atoms with Crippen LogP contribution in [0.1, 0.15) is 53.0 Å². The van der Waals surface area contributed by atoms with Gasteiger partial charge in [0.2, 0.25) is 0 Å². The zero-order chi connectivity index (χ0) is 15.0. The van der Waals surface area contributed by atoms with Crippen LogP contribution in [0.25, 0.3) is 0 Å². The molecule has 0 heterocycles. The van der Waals surface area contributed by atoms with Gasteiger partial charge in [-0.25, -0.2) is 0 Å². The fourth-order valence-corrected chi connectivity index (χ4v) is 2.22. The maximum atomic E-state index is 5.67. The Morgan fingerprint density at radius 2 is 1.75 bits per heavy atom. The van der Waals surface area contributed by atoms with E-state index in [2.05, 4.69) is 64.2 Å². The summed E-state index contributed by atoms with van der Waals surface area (Å²) >= 11 is 0. The van der Waals surface area contributed by atoms with Crippen LogP contribution in [0.2, 0.25) is 0 Å². The first-order chi connectivity index (χ1) is 9.43. The van der Waals surface area contributed by atoms with Gasteiger partial charge in [-0.1, -0.05) is 32.9 Å². The van der Waals surface area contributed by atoms with E-state index in [4.69, 9.17) is 4.74 Å². The molecule has 1 aromatic rings. The predicted molar refractivity (Wildman–Crippen MR) is 87.5 cm³/mol. The van der Waals surface area contributed by atoms with Crippen LogP contribution in [0, 0.1) is 5.41 Å². The molecule has 0 aliphatic rings. The quantitative estimate of drug-likeness (QED) is 0.674. The molecule has 2 nitrogen and oxygen atoms in total. The van der Waals surface area contributed by atoms with Crippen LogP contribution in [0.15, 0.2) is 24.3 Å². The highest BCUT2D eigenvalue weighted by Gasteiger charge is 2.16. The van der Waals surface area contributed by atoms with Crippen molar-refractivity contribution in [3.05, 3.63) is 29.8 Å². The Kier molecular flexibility index (Phi) is 7.08. The molecule has 20 heavy (non-hydrogen) atoms. The molecule has 0 fully saturated rings. The molecule has 0 radical (unpaired) electrons. The van der Waals surface area contributed by atoms with Gasteiger partial charge in [0.05, 0.1) is 6.10 Å². The third kappa shape index (κ3) is 6.95. The maximum absolute atomic E-state index is 5.67. The lowest BCUT2D eigenvalue weighted by molar-refractivity contribution is 0.242. The minimum atomic E-state index is 0.242. The minimum absolute atomic E-state index is 0.242. The molecule has 114 valence electrons. The summed E-state index contributed by atoms with van der Waals surface area (Å²) in [5, 5.41) is 3.41. The van der Waals surface area contributed by atoms with Crippen LogP contribution in [0.3, 0.4) is 0 Å². The summed E-state index contributed by atoms with van der Waals surface area (Å²) in [6, 6.07) is 8.55. The Morgan fingerprint density at radius 3 is 2.30 bits per heavy atom. The Bertz CT molecular complexity index is 368. The second-order valence-electron chi connectivity index (χ2n) is 6.58. The second kappa shape index (κ2) is 8.31. The molecule has 1 rings (SSSR count). The third-order valence-corrected chi connectivity index (χ3v) is 3.61. The smallest absolute Gasteiger partial charge is 0.119 e. The van der Waals surface area contributed by atoms with E-state index in [1.54, 1.807) is 0 Å². The van der Waals surface area contributed by atoms with E-state index in [0.717, 1.165) is 25.3 Å². The Balaban J connectivity index is 2.40. The van der Waals surface area contributed by atoms with Crippen molar-refractivity contribution in [1.82, 2.24) is 5.32 Å². The predicted octanol–water partition coefficient (Wildman–Crippen LogP) is 4.43. The summed E-state index contributed by atoms with van der Waals surface area (Å²) in [5.74, 6) is 0.968. The molecule has 0 spiro atoms. The van der Waals surface area contributed by atoms with E-state index in [1.807, 2.05) is 0 Å². The van der Waals surface area contributed by atoms with E-state index in [9.17, 15) is 0 Å². The molecular formula is C18H31NO. The average molecular weight is 277 g/mol. The van der Waals surface area contributed by atoms with Crippen molar-refractivity contribution < 1.29 is 4.74 Å². The molecular weight excluding hydrogens is 246 g/mol. The normalized spacial score (nSPS) is 11.9. The van der Waals surface area contributed by atoms with Gasteiger partial charge in [-0.15, -0.1) is 0 Å². The van der Waals surface area contributed by atoms with Gasteiger partial charge in [0.15, 0.2) is 0 Å². The molecule has 0 aliphatic heterocycles. The number of aryl methyl sites for hydroxylation is 1. The van der Waals surface area contributed by atoms with E-state index < -0.39 is 0 Å². The first-order valence-corrected chi connectivity index (χ1v) is 7.89. The standard InChI is InChI=1S/C18H31NO/c1-6-19-14-13-18(4,5)12-11-16-7-9-17(10-8-16)20-15(2)3/h7-10,15,19H,6,11-14H2,1-5H3. The van der Waals surface area contributed by atoms with Crippen molar-refractivity contribution in [2.45, 2.75) is 60.0 Å². The summed E-state index contributed by atoms with van der Waals surface area (Å²) in [4.78, 5) is 0. The summed E-state index contributed by atoms with van der Waals surface area (Å²) in [7, 11) is 0. The maximum Gasteiger partial charge on any atom is 0.119 e. The van der Waals surface area contributed by atoms with Gasteiger partial charge in [-0.3, -0.25) is 0 Å². The van der Waals surface area contributed by atoms with Crippen LogP contribution < -0.4 is 10.1 Å². The molecule has 1 N–H and O–H groups in total. The molecule has 0 atom stereocenters. The second-order valence-corrected chi connectivity index (χ2v) is 6.58. The van der Waals surface area contributed by atoms with Crippen molar-refractivity contribution in [2.75, 3.05) is 13.1 Å². The molecule has 0 aliphatic carbocycles. The molecule has 2 heteroatoms. The summed E-state index contributed by atoms with van der Waals surface area (Å²) in [6.07, 6.45) is 3.84. The molecule has 0 saturated heterocycles. The first kappa shape index (κ1) is 17.0. The first-order valence-electron chi connectivity index (χ1n) is 7.89. The van der Waals surface area contributed by atoms with Gasteiger partial charge in [0.1, 0.15) is 5.75 Å². The topological polar surface area (TPSA) is 21.3 Å². The van der Waals surface area contributed by atoms with Gasteiger partial charge >= 0.3 is 0 Å². The molecule has 0 aromatic heterocycles. The number of rotatable bonds is 9. The third-order valence-electron chi connectivity index (χ3n) is 3.61. The number of hydrogen-bond donors (Lipinski definition) is 1. The SMILES string of the molecule is CCNCCC(C)(C)CCc1ccc(OC(C)C)cc1. The molecule has 0 unspecified atom stereocenters. The summed E-state index contributed by atoms with van der Waals surface area (Å²) in [5.41, 5.74) is 1.80. The Morgan fingerprint density at radius 1 is 1.10 bits per heavy atom. The van der Waals surface area contributed by atoms with Crippen LogP contribution >= 0.6 is 0 Å². The van der Waals surface area contributed by atoms with Gasteiger partial charge in [-0.2, -0.15) is 0 Å². The highest BCUT2D eigenvalue weighted by Crippen LogP contribution is 2.27. The van der Waals surface area contributed by atoms with Gasteiger partial charge in [-0.05, 0) is 69.3 Å². The lowest BCUT2D eigenvalue weighted by Gasteiger charge is -2.24. The van der Waals surface area contributed by atoms with Gasteiger partial charge in [0.25, 0.3) is 0 Å². The zero-order valence-corrected chi connectivity index (χ0v) is 13.8. The fraction of sp³-hybridized carbons (Fsp3) is 0.667.